The van der Waals surface area contributed by atoms with Crippen molar-refractivity contribution in [1.82, 2.24) is 10.4 Å². The van der Waals surface area contributed by atoms with Crippen molar-refractivity contribution in [2.75, 3.05) is 13.1 Å². The van der Waals surface area contributed by atoms with Gasteiger partial charge in [-0.05, 0) is 55.3 Å². The van der Waals surface area contributed by atoms with Gasteiger partial charge in [0.1, 0.15) is 0 Å². The minimum absolute atomic E-state index is 0.277. The minimum atomic E-state index is 0.277. The first-order valence-electron chi connectivity index (χ1n) is 12.8. The van der Waals surface area contributed by atoms with E-state index < -0.39 is 0 Å². The highest BCUT2D eigenvalue weighted by Crippen LogP contribution is 2.56. The molecular formula is C26H52N2. The number of hydrogen-bond donors (Lipinski definition) is 1. The van der Waals surface area contributed by atoms with Gasteiger partial charge in [0.05, 0.1) is 0 Å². The Kier molecular flexibility index (Phi) is 9.33. The molecule has 166 valence electrons. The van der Waals surface area contributed by atoms with Crippen LogP contribution in [0, 0.1) is 16.7 Å². The van der Waals surface area contributed by atoms with Gasteiger partial charge in [-0.3, -0.25) is 5.43 Å². The molecule has 2 heteroatoms. The van der Waals surface area contributed by atoms with E-state index in [1.54, 1.807) is 0 Å². The summed E-state index contributed by atoms with van der Waals surface area (Å²) < 4.78 is 0. The van der Waals surface area contributed by atoms with Gasteiger partial charge < -0.3 is 0 Å². The van der Waals surface area contributed by atoms with E-state index in [9.17, 15) is 0 Å². The molecule has 1 aliphatic carbocycles. The van der Waals surface area contributed by atoms with Gasteiger partial charge in [0.25, 0.3) is 0 Å². The number of hydrogen-bond acceptors (Lipinski definition) is 2. The normalized spacial score (nSPS) is 29.6. The van der Waals surface area contributed by atoms with Crippen LogP contribution in [-0.4, -0.2) is 23.6 Å². The lowest BCUT2D eigenvalue weighted by Gasteiger charge is -2.62. The Hall–Kier alpha value is -0.0800. The van der Waals surface area contributed by atoms with Crippen molar-refractivity contribution < 1.29 is 0 Å². The van der Waals surface area contributed by atoms with Crippen molar-refractivity contribution in [2.45, 2.75) is 137 Å². The summed E-state index contributed by atoms with van der Waals surface area (Å²) in [7, 11) is 0. The molecule has 28 heavy (non-hydrogen) atoms. The molecule has 0 aromatic rings. The van der Waals surface area contributed by atoms with Gasteiger partial charge in [-0.15, -0.1) is 0 Å². The van der Waals surface area contributed by atoms with Crippen LogP contribution in [0.3, 0.4) is 0 Å². The molecule has 0 spiro atoms. The Bertz CT molecular complexity index is 434. The van der Waals surface area contributed by atoms with E-state index in [-0.39, 0.29) is 5.54 Å². The quantitative estimate of drug-likeness (QED) is 0.477. The molecule has 0 aromatic carbocycles. The lowest BCUT2D eigenvalue weighted by Crippen LogP contribution is -2.69. The average Bonchev–Trinajstić information content (AvgIpc) is 2.55. The summed E-state index contributed by atoms with van der Waals surface area (Å²) in [5, 5.41) is 2.84. The molecule has 1 saturated heterocycles. The molecule has 1 saturated carbocycles. The maximum Gasteiger partial charge on any atom is 0.0438 e. The lowest BCUT2D eigenvalue weighted by atomic mass is 9.52. The van der Waals surface area contributed by atoms with Gasteiger partial charge in [0.15, 0.2) is 0 Å². The summed E-state index contributed by atoms with van der Waals surface area (Å²) in [5.74, 6) is 0.772. The average molecular weight is 393 g/mol. The van der Waals surface area contributed by atoms with Crippen LogP contribution in [0.15, 0.2) is 0 Å². The van der Waals surface area contributed by atoms with Crippen molar-refractivity contribution in [3.8, 4) is 0 Å². The van der Waals surface area contributed by atoms with Crippen LogP contribution in [0.1, 0.15) is 131 Å². The van der Waals surface area contributed by atoms with E-state index in [2.05, 4.69) is 52.0 Å². The maximum absolute atomic E-state index is 4.02. The second kappa shape index (κ2) is 10.8. The molecule has 2 aliphatic rings. The highest BCUT2D eigenvalue weighted by molar-refractivity contribution is 5.09. The summed E-state index contributed by atoms with van der Waals surface area (Å²) in [6.45, 7) is 17.6. The number of hydrazine groups is 1. The predicted molar refractivity (Wildman–Crippen MR) is 124 cm³/mol. The smallest absolute Gasteiger partial charge is 0.0438 e. The summed E-state index contributed by atoms with van der Waals surface area (Å²) in [4.78, 5) is 0. The first-order valence-corrected chi connectivity index (χ1v) is 12.8. The van der Waals surface area contributed by atoms with Crippen LogP contribution < -0.4 is 5.43 Å². The van der Waals surface area contributed by atoms with Gasteiger partial charge in [0.2, 0.25) is 0 Å². The van der Waals surface area contributed by atoms with Crippen molar-refractivity contribution in [1.29, 1.82) is 0 Å². The highest BCUT2D eigenvalue weighted by atomic mass is 15.5. The van der Waals surface area contributed by atoms with Crippen molar-refractivity contribution in [3.63, 3.8) is 0 Å². The largest absolute Gasteiger partial charge is 0.255 e. The van der Waals surface area contributed by atoms with E-state index in [1.807, 2.05) is 0 Å². The molecule has 0 amide bonds. The molecule has 2 nitrogen and oxygen atoms in total. The standard InChI is InChI=1S/C26H52N2/c1-7-18-24(3,4)23-17-13-9-10-14-20-26(23,25(5,6)19-8-2)28-22-16-12-11-15-21-27-28/h23,27H,7-22H2,1-6H3. The molecule has 0 bridgehead atoms. The van der Waals surface area contributed by atoms with Gasteiger partial charge in [-0.1, -0.05) is 92.9 Å². The van der Waals surface area contributed by atoms with Crippen molar-refractivity contribution in [2.24, 2.45) is 16.7 Å². The lowest BCUT2D eigenvalue weighted by molar-refractivity contribution is -0.143. The van der Waals surface area contributed by atoms with Crippen LogP contribution >= 0.6 is 0 Å². The Morgan fingerprint density at radius 3 is 2.18 bits per heavy atom. The zero-order valence-corrected chi connectivity index (χ0v) is 20.3. The maximum atomic E-state index is 4.02. The summed E-state index contributed by atoms with van der Waals surface area (Å²) in [6.07, 6.45) is 19.3. The first kappa shape index (κ1) is 24.2. The minimum Gasteiger partial charge on any atom is -0.255 e. The molecule has 1 aliphatic heterocycles. The van der Waals surface area contributed by atoms with Crippen LogP contribution in [-0.2, 0) is 0 Å². The molecule has 0 aromatic heterocycles. The monoisotopic (exact) mass is 392 g/mol. The number of rotatable bonds is 7. The molecule has 2 unspecified atom stereocenters. The van der Waals surface area contributed by atoms with Gasteiger partial charge in [-0.25, -0.2) is 5.01 Å². The Morgan fingerprint density at radius 2 is 1.46 bits per heavy atom. The van der Waals surface area contributed by atoms with E-state index in [1.165, 1.54) is 103 Å². The molecule has 1 N–H and O–H groups in total. The first-order chi connectivity index (χ1) is 13.3. The van der Waals surface area contributed by atoms with Crippen LogP contribution in [0.5, 0.6) is 0 Å². The number of nitrogens with one attached hydrogen (secondary N) is 1. The van der Waals surface area contributed by atoms with Crippen molar-refractivity contribution in [3.05, 3.63) is 0 Å². The zero-order valence-electron chi connectivity index (χ0n) is 20.3. The van der Waals surface area contributed by atoms with E-state index in [0.717, 1.165) is 5.92 Å². The topological polar surface area (TPSA) is 15.3 Å². The molecule has 2 atom stereocenters. The zero-order chi connectivity index (χ0) is 20.7. The third-order valence-corrected chi connectivity index (χ3v) is 8.35. The van der Waals surface area contributed by atoms with Crippen molar-refractivity contribution >= 4 is 0 Å². The van der Waals surface area contributed by atoms with Crippen LogP contribution in [0.25, 0.3) is 0 Å². The molecule has 2 fully saturated rings. The molecule has 0 radical (unpaired) electrons. The second-order valence-electron chi connectivity index (χ2n) is 11.3. The summed E-state index contributed by atoms with van der Waals surface area (Å²) in [6, 6.07) is 0. The third-order valence-electron chi connectivity index (χ3n) is 8.35. The fourth-order valence-electron chi connectivity index (χ4n) is 7.09. The van der Waals surface area contributed by atoms with Gasteiger partial charge >= 0.3 is 0 Å². The fraction of sp³-hybridized carbons (Fsp3) is 1.00. The Balaban J connectivity index is 2.56. The second-order valence-corrected chi connectivity index (χ2v) is 11.3. The van der Waals surface area contributed by atoms with E-state index in [4.69, 9.17) is 0 Å². The van der Waals surface area contributed by atoms with Gasteiger partial charge in [0, 0.05) is 18.6 Å². The predicted octanol–water partition coefficient (Wildman–Crippen LogP) is 7.73. The third kappa shape index (κ3) is 5.34. The molecular weight excluding hydrogens is 340 g/mol. The highest BCUT2D eigenvalue weighted by Gasteiger charge is 2.56. The SMILES string of the molecule is CCCC(C)(C)C1CCCCCCC1(N1CCCCCCN1)C(C)(C)CCC. The fourth-order valence-corrected chi connectivity index (χ4v) is 7.09. The Labute approximate surface area is 177 Å². The molecule has 2 rings (SSSR count). The number of nitrogens with zero attached hydrogens (tertiary/aromatic N) is 1. The van der Waals surface area contributed by atoms with Crippen LogP contribution in [0.2, 0.25) is 0 Å². The van der Waals surface area contributed by atoms with E-state index >= 15 is 0 Å². The summed E-state index contributed by atoms with van der Waals surface area (Å²) >= 11 is 0. The van der Waals surface area contributed by atoms with Crippen LogP contribution in [0.4, 0.5) is 0 Å². The molecule has 1 heterocycles. The Morgan fingerprint density at radius 1 is 0.821 bits per heavy atom. The van der Waals surface area contributed by atoms with E-state index in [0.29, 0.717) is 10.8 Å². The van der Waals surface area contributed by atoms with Gasteiger partial charge in [-0.2, -0.15) is 0 Å². The summed E-state index contributed by atoms with van der Waals surface area (Å²) in [5.41, 5.74) is 5.04.